The van der Waals surface area contributed by atoms with E-state index in [0.717, 1.165) is 5.56 Å². The molecule has 2 N–H and O–H groups in total. The SMILES string of the molecule is Cc1c(Cl)cccc1S(=O)(=O)N1CCc2cnc(N)nc2C1. The Morgan fingerprint density at radius 3 is 2.91 bits per heavy atom. The maximum absolute atomic E-state index is 12.8. The predicted molar refractivity (Wildman–Crippen MR) is 83.9 cm³/mol. The van der Waals surface area contributed by atoms with Gasteiger partial charge in [-0.2, -0.15) is 4.31 Å². The normalized spacial score (nSPS) is 15.5. The topological polar surface area (TPSA) is 89.2 Å². The van der Waals surface area contributed by atoms with E-state index in [0.29, 0.717) is 29.2 Å². The van der Waals surface area contributed by atoms with Crippen LogP contribution in [0.2, 0.25) is 5.02 Å². The lowest BCUT2D eigenvalue weighted by atomic mass is 10.1. The van der Waals surface area contributed by atoms with Gasteiger partial charge in [0.1, 0.15) is 0 Å². The van der Waals surface area contributed by atoms with Crippen molar-refractivity contribution < 1.29 is 8.42 Å². The van der Waals surface area contributed by atoms with E-state index in [2.05, 4.69) is 9.97 Å². The monoisotopic (exact) mass is 338 g/mol. The van der Waals surface area contributed by atoms with E-state index in [1.54, 1.807) is 31.3 Å². The number of nitrogen functional groups attached to an aromatic ring is 1. The van der Waals surface area contributed by atoms with E-state index in [1.165, 1.54) is 4.31 Å². The summed E-state index contributed by atoms with van der Waals surface area (Å²) < 4.78 is 27.1. The smallest absolute Gasteiger partial charge is 0.243 e. The van der Waals surface area contributed by atoms with Crippen molar-refractivity contribution in [2.24, 2.45) is 0 Å². The van der Waals surface area contributed by atoms with Gasteiger partial charge in [0.15, 0.2) is 0 Å². The number of hydrogen-bond donors (Lipinski definition) is 1. The molecule has 116 valence electrons. The summed E-state index contributed by atoms with van der Waals surface area (Å²) in [6, 6.07) is 4.88. The number of benzene rings is 1. The van der Waals surface area contributed by atoms with Gasteiger partial charge >= 0.3 is 0 Å². The van der Waals surface area contributed by atoms with Crippen LogP contribution in [0.4, 0.5) is 5.95 Å². The predicted octanol–water partition coefficient (Wildman–Crippen LogP) is 1.77. The van der Waals surface area contributed by atoms with Gasteiger partial charge in [-0.15, -0.1) is 0 Å². The van der Waals surface area contributed by atoms with Crippen LogP contribution < -0.4 is 5.73 Å². The molecule has 0 fully saturated rings. The summed E-state index contributed by atoms with van der Waals surface area (Å²) >= 11 is 6.04. The number of fused-ring (bicyclic) bond motifs is 1. The molecule has 1 aromatic carbocycles. The molecule has 6 nitrogen and oxygen atoms in total. The lowest BCUT2D eigenvalue weighted by molar-refractivity contribution is 0.384. The van der Waals surface area contributed by atoms with Gasteiger partial charge in [0, 0.05) is 17.8 Å². The molecular weight excluding hydrogens is 324 g/mol. The third kappa shape index (κ3) is 2.55. The minimum Gasteiger partial charge on any atom is -0.368 e. The number of anilines is 1. The Morgan fingerprint density at radius 1 is 1.36 bits per heavy atom. The van der Waals surface area contributed by atoms with Crippen LogP contribution in [0, 0.1) is 6.92 Å². The van der Waals surface area contributed by atoms with Crippen LogP contribution >= 0.6 is 11.6 Å². The molecule has 8 heteroatoms. The van der Waals surface area contributed by atoms with Gasteiger partial charge in [0.25, 0.3) is 0 Å². The van der Waals surface area contributed by atoms with Crippen molar-refractivity contribution in [1.82, 2.24) is 14.3 Å². The van der Waals surface area contributed by atoms with Gasteiger partial charge in [-0.1, -0.05) is 17.7 Å². The highest BCUT2D eigenvalue weighted by molar-refractivity contribution is 7.89. The van der Waals surface area contributed by atoms with Gasteiger partial charge < -0.3 is 5.73 Å². The van der Waals surface area contributed by atoms with E-state index in [-0.39, 0.29) is 17.4 Å². The molecule has 0 bridgehead atoms. The number of nitrogens with two attached hydrogens (primary N) is 1. The van der Waals surface area contributed by atoms with Crippen LogP contribution in [0.5, 0.6) is 0 Å². The Labute approximate surface area is 134 Å². The Balaban J connectivity index is 1.99. The highest BCUT2D eigenvalue weighted by Gasteiger charge is 2.30. The first kappa shape index (κ1) is 15.2. The van der Waals surface area contributed by atoms with E-state index >= 15 is 0 Å². The van der Waals surface area contributed by atoms with Gasteiger partial charge in [-0.25, -0.2) is 18.4 Å². The molecule has 0 atom stereocenters. The Hall–Kier alpha value is -1.70. The molecule has 22 heavy (non-hydrogen) atoms. The van der Waals surface area contributed by atoms with Gasteiger partial charge in [-0.3, -0.25) is 0 Å². The molecule has 2 heterocycles. The molecule has 0 spiro atoms. The average molecular weight is 339 g/mol. The second-order valence-electron chi connectivity index (χ2n) is 5.15. The summed E-state index contributed by atoms with van der Waals surface area (Å²) in [7, 11) is -3.62. The summed E-state index contributed by atoms with van der Waals surface area (Å²) in [5, 5.41) is 0.435. The lowest BCUT2D eigenvalue weighted by Crippen LogP contribution is -2.37. The summed E-state index contributed by atoms with van der Waals surface area (Å²) in [5.74, 6) is 0.150. The first-order chi connectivity index (χ1) is 10.4. The lowest BCUT2D eigenvalue weighted by Gasteiger charge is -2.27. The van der Waals surface area contributed by atoms with E-state index < -0.39 is 10.0 Å². The Kier molecular flexibility index (Phi) is 3.80. The van der Waals surface area contributed by atoms with Crippen LogP contribution in [0.3, 0.4) is 0 Å². The minimum atomic E-state index is -3.62. The van der Waals surface area contributed by atoms with Crippen molar-refractivity contribution >= 4 is 27.6 Å². The van der Waals surface area contributed by atoms with Crippen molar-refractivity contribution in [2.75, 3.05) is 12.3 Å². The van der Waals surface area contributed by atoms with Crippen molar-refractivity contribution in [3.63, 3.8) is 0 Å². The molecule has 1 aromatic heterocycles. The number of aromatic nitrogens is 2. The minimum absolute atomic E-state index is 0.150. The maximum atomic E-state index is 12.8. The molecule has 0 aliphatic carbocycles. The van der Waals surface area contributed by atoms with Crippen LogP contribution in [0.15, 0.2) is 29.3 Å². The summed E-state index contributed by atoms with van der Waals surface area (Å²) in [6.45, 7) is 2.28. The largest absolute Gasteiger partial charge is 0.368 e. The molecule has 1 aliphatic heterocycles. The van der Waals surface area contributed by atoms with Crippen molar-refractivity contribution in [1.29, 1.82) is 0 Å². The van der Waals surface area contributed by atoms with Crippen molar-refractivity contribution in [3.8, 4) is 0 Å². The highest BCUT2D eigenvalue weighted by atomic mass is 35.5. The Bertz CT molecular complexity index is 839. The van der Waals surface area contributed by atoms with Gasteiger partial charge in [0.05, 0.1) is 17.1 Å². The number of nitrogens with zero attached hydrogens (tertiary/aromatic N) is 3. The van der Waals surface area contributed by atoms with E-state index in [1.807, 2.05) is 0 Å². The summed E-state index contributed by atoms with van der Waals surface area (Å²) in [5.41, 5.74) is 7.73. The summed E-state index contributed by atoms with van der Waals surface area (Å²) in [4.78, 5) is 8.32. The third-order valence-corrected chi connectivity index (χ3v) is 6.16. The third-order valence-electron chi connectivity index (χ3n) is 3.77. The molecule has 3 rings (SSSR count). The quantitative estimate of drug-likeness (QED) is 0.901. The van der Waals surface area contributed by atoms with Crippen molar-refractivity contribution in [3.05, 3.63) is 46.2 Å². The molecule has 0 saturated heterocycles. The molecule has 0 unspecified atom stereocenters. The molecule has 0 radical (unpaired) electrons. The highest BCUT2D eigenvalue weighted by Crippen LogP contribution is 2.28. The van der Waals surface area contributed by atoms with Crippen LogP contribution in [0.25, 0.3) is 0 Å². The average Bonchev–Trinajstić information content (AvgIpc) is 2.49. The second kappa shape index (κ2) is 5.49. The van der Waals surface area contributed by atoms with Crippen LogP contribution in [0.1, 0.15) is 16.8 Å². The first-order valence-corrected chi connectivity index (χ1v) is 8.57. The standard InChI is InChI=1S/C14H15ClN4O2S/c1-9-11(15)3-2-4-13(9)22(20,21)19-6-5-10-7-17-14(16)18-12(10)8-19/h2-4,7H,5-6,8H2,1H3,(H2,16,17,18). The number of hydrogen-bond acceptors (Lipinski definition) is 5. The molecule has 0 amide bonds. The number of halogens is 1. The summed E-state index contributed by atoms with van der Waals surface area (Å²) in [6.07, 6.45) is 2.22. The zero-order valence-electron chi connectivity index (χ0n) is 12.0. The van der Waals surface area contributed by atoms with Gasteiger partial charge in [-0.05, 0) is 36.6 Å². The molecule has 0 saturated carbocycles. The second-order valence-corrected chi connectivity index (χ2v) is 7.47. The zero-order chi connectivity index (χ0) is 15.9. The number of sulfonamides is 1. The number of rotatable bonds is 2. The van der Waals surface area contributed by atoms with E-state index in [9.17, 15) is 8.42 Å². The molecular formula is C14H15ClN4O2S. The van der Waals surface area contributed by atoms with E-state index in [4.69, 9.17) is 17.3 Å². The molecule has 2 aromatic rings. The fourth-order valence-electron chi connectivity index (χ4n) is 2.51. The maximum Gasteiger partial charge on any atom is 0.243 e. The fraction of sp³-hybridized carbons (Fsp3) is 0.286. The first-order valence-electron chi connectivity index (χ1n) is 6.75. The Morgan fingerprint density at radius 2 is 2.14 bits per heavy atom. The van der Waals surface area contributed by atoms with Crippen molar-refractivity contribution in [2.45, 2.75) is 24.8 Å². The van der Waals surface area contributed by atoms with Crippen LogP contribution in [-0.2, 0) is 23.0 Å². The fourth-order valence-corrected chi connectivity index (χ4v) is 4.39. The zero-order valence-corrected chi connectivity index (χ0v) is 13.5. The van der Waals surface area contributed by atoms with Gasteiger partial charge in [0.2, 0.25) is 16.0 Å². The van der Waals surface area contributed by atoms with Crippen LogP contribution in [-0.4, -0.2) is 29.2 Å². The molecule has 1 aliphatic rings.